The highest BCUT2D eigenvalue weighted by molar-refractivity contribution is 5.18. The van der Waals surface area contributed by atoms with Gasteiger partial charge in [-0.2, -0.15) is 0 Å². The van der Waals surface area contributed by atoms with Gasteiger partial charge in [0.1, 0.15) is 0 Å². The van der Waals surface area contributed by atoms with Crippen molar-refractivity contribution in [2.24, 2.45) is 0 Å². The molecule has 0 unspecified atom stereocenters. The molecule has 64 valence electrons. The van der Waals surface area contributed by atoms with E-state index in [1.54, 1.807) is 0 Å². The molecule has 3 nitrogen and oxygen atoms in total. The molecule has 3 rings (SSSR count). The van der Waals surface area contributed by atoms with Crippen molar-refractivity contribution >= 4 is 0 Å². The van der Waals surface area contributed by atoms with Gasteiger partial charge < -0.3 is 9.88 Å². The Kier molecular flexibility index (Phi) is 1.29. The minimum absolute atomic E-state index is 0.791. The van der Waals surface area contributed by atoms with Gasteiger partial charge in [-0.15, -0.1) is 0 Å². The van der Waals surface area contributed by atoms with Crippen molar-refractivity contribution in [3.63, 3.8) is 0 Å². The van der Waals surface area contributed by atoms with Gasteiger partial charge in [0.15, 0.2) is 0 Å². The summed E-state index contributed by atoms with van der Waals surface area (Å²) in [4.78, 5) is 4.42. The second-order valence-corrected chi connectivity index (χ2v) is 3.70. The van der Waals surface area contributed by atoms with Crippen LogP contribution in [0, 0.1) is 0 Å². The Morgan fingerprint density at radius 3 is 3.25 bits per heavy atom. The summed E-state index contributed by atoms with van der Waals surface area (Å²) in [5, 5.41) is 3.34. The summed E-state index contributed by atoms with van der Waals surface area (Å²) in [6.07, 6.45) is 5.90. The molecule has 0 aromatic carbocycles. The number of rotatable bonds is 1. The average molecular weight is 163 g/mol. The zero-order chi connectivity index (χ0) is 7.97. The number of nitrogens with zero attached hydrogens (tertiary/aromatic N) is 2. The number of nitrogens with one attached hydrogen (secondary N) is 1. The highest BCUT2D eigenvalue weighted by Gasteiger charge is 2.27. The smallest absolute Gasteiger partial charge is 0.0954 e. The first-order valence-corrected chi connectivity index (χ1v) is 4.70. The molecule has 0 radical (unpaired) electrons. The van der Waals surface area contributed by atoms with Crippen molar-refractivity contribution in [1.82, 2.24) is 14.9 Å². The van der Waals surface area contributed by atoms with Crippen LogP contribution in [0.1, 0.15) is 30.3 Å². The zero-order valence-electron chi connectivity index (χ0n) is 7.08. The van der Waals surface area contributed by atoms with Crippen LogP contribution < -0.4 is 5.32 Å². The molecule has 1 aliphatic heterocycles. The Morgan fingerprint density at radius 2 is 2.42 bits per heavy atom. The predicted molar refractivity (Wildman–Crippen MR) is 45.9 cm³/mol. The Hall–Kier alpha value is -0.830. The quantitative estimate of drug-likeness (QED) is 0.665. The largest absolute Gasteiger partial charge is 0.331 e. The molecule has 0 saturated heterocycles. The summed E-state index contributed by atoms with van der Waals surface area (Å²) in [5.74, 6) is 0. The molecule has 0 spiro atoms. The number of hydrogen-bond donors (Lipinski definition) is 1. The Balaban J connectivity index is 2.03. The second-order valence-electron chi connectivity index (χ2n) is 3.70. The minimum atomic E-state index is 0.791. The van der Waals surface area contributed by atoms with Crippen molar-refractivity contribution < 1.29 is 0 Å². The maximum absolute atomic E-state index is 4.42. The fourth-order valence-corrected chi connectivity index (χ4v) is 1.93. The molecule has 1 aliphatic carbocycles. The number of aromatic nitrogens is 2. The van der Waals surface area contributed by atoms with Crippen molar-refractivity contribution in [1.29, 1.82) is 0 Å². The van der Waals surface area contributed by atoms with Gasteiger partial charge in [0.2, 0.25) is 0 Å². The highest BCUT2D eigenvalue weighted by Crippen LogP contribution is 2.36. The summed E-state index contributed by atoms with van der Waals surface area (Å²) in [5.41, 5.74) is 2.75. The van der Waals surface area contributed by atoms with Crippen molar-refractivity contribution in [2.75, 3.05) is 6.54 Å². The number of hydrogen-bond acceptors (Lipinski definition) is 2. The first-order chi connectivity index (χ1) is 5.95. The molecule has 0 amide bonds. The SMILES string of the molecule is c1nc2c(n1C1CC1)CCNC2. The van der Waals surface area contributed by atoms with Crippen LogP contribution in [0.3, 0.4) is 0 Å². The van der Waals surface area contributed by atoms with Crippen LogP contribution in [0.25, 0.3) is 0 Å². The number of imidazole rings is 1. The summed E-state index contributed by atoms with van der Waals surface area (Å²) in [7, 11) is 0. The lowest BCUT2D eigenvalue weighted by atomic mass is 10.2. The molecule has 12 heavy (non-hydrogen) atoms. The van der Waals surface area contributed by atoms with E-state index in [0.29, 0.717) is 0 Å². The van der Waals surface area contributed by atoms with Gasteiger partial charge in [0.05, 0.1) is 12.0 Å². The standard InChI is InChI=1S/C9H13N3/c1-2-7(1)12-6-11-8-5-10-4-3-9(8)12/h6-7,10H,1-5H2. The molecule has 1 fully saturated rings. The topological polar surface area (TPSA) is 29.9 Å². The summed E-state index contributed by atoms with van der Waals surface area (Å²) >= 11 is 0. The van der Waals surface area contributed by atoms with E-state index in [1.165, 1.54) is 24.2 Å². The third kappa shape index (κ3) is 0.894. The molecule has 1 N–H and O–H groups in total. The second kappa shape index (κ2) is 2.33. The first-order valence-electron chi connectivity index (χ1n) is 4.70. The monoisotopic (exact) mass is 163 g/mol. The van der Waals surface area contributed by atoms with Gasteiger partial charge in [-0.05, 0) is 12.8 Å². The summed E-state index contributed by atoms with van der Waals surface area (Å²) in [6.45, 7) is 2.08. The van der Waals surface area contributed by atoms with Gasteiger partial charge in [0.25, 0.3) is 0 Å². The van der Waals surface area contributed by atoms with E-state index in [2.05, 4.69) is 14.9 Å². The van der Waals surface area contributed by atoms with Crippen LogP contribution >= 0.6 is 0 Å². The molecule has 1 aromatic rings. The van der Waals surface area contributed by atoms with Gasteiger partial charge in [-0.3, -0.25) is 0 Å². The van der Waals surface area contributed by atoms with Crippen LogP contribution in [0.4, 0.5) is 0 Å². The lowest BCUT2D eigenvalue weighted by Gasteiger charge is -2.14. The highest BCUT2D eigenvalue weighted by atomic mass is 15.1. The molecular formula is C9H13N3. The number of fused-ring (bicyclic) bond motifs is 1. The fraction of sp³-hybridized carbons (Fsp3) is 0.667. The third-order valence-corrected chi connectivity index (χ3v) is 2.75. The van der Waals surface area contributed by atoms with Gasteiger partial charge in [0, 0.05) is 31.2 Å². The average Bonchev–Trinajstić information content (AvgIpc) is 2.86. The third-order valence-electron chi connectivity index (χ3n) is 2.75. The minimum Gasteiger partial charge on any atom is -0.331 e. The van der Waals surface area contributed by atoms with E-state index >= 15 is 0 Å². The van der Waals surface area contributed by atoms with Gasteiger partial charge in [-0.25, -0.2) is 4.98 Å². The molecule has 1 saturated carbocycles. The zero-order valence-corrected chi connectivity index (χ0v) is 7.08. The van der Waals surface area contributed by atoms with Gasteiger partial charge >= 0.3 is 0 Å². The van der Waals surface area contributed by atoms with Crippen LogP contribution in [-0.4, -0.2) is 16.1 Å². The normalized spacial score (nSPS) is 22.3. The molecule has 2 heterocycles. The fourth-order valence-electron chi connectivity index (χ4n) is 1.93. The Labute approximate surface area is 71.8 Å². The van der Waals surface area contributed by atoms with Crippen molar-refractivity contribution in [2.45, 2.75) is 31.8 Å². The molecule has 0 bridgehead atoms. The predicted octanol–water partition coefficient (Wildman–Crippen LogP) is 0.864. The lowest BCUT2D eigenvalue weighted by Crippen LogP contribution is -2.24. The maximum Gasteiger partial charge on any atom is 0.0954 e. The summed E-state index contributed by atoms with van der Waals surface area (Å²) in [6, 6.07) is 0.791. The van der Waals surface area contributed by atoms with E-state index < -0.39 is 0 Å². The van der Waals surface area contributed by atoms with E-state index in [0.717, 1.165) is 25.6 Å². The van der Waals surface area contributed by atoms with E-state index in [4.69, 9.17) is 0 Å². The van der Waals surface area contributed by atoms with E-state index in [1.807, 2.05) is 6.33 Å². The van der Waals surface area contributed by atoms with E-state index in [-0.39, 0.29) is 0 Å². The maximum atomic E-state index is 4.42. The van der Waals surface area contributed by atoms with Crippen molar-refractivity contribution in [3.05, 3.63) is 17.7 Å². The van der Waals surface area contributed by atoms with Crippen LogP contribution in [0.2, 0.25) is 0 Å². The van der Waals surface area contributed by atoms with E-state index in [9.17, 15) is 0 Å². The van der Waals surface area contributed by atoms with Gasteiger partial charge in [-0.1, -0.05) is 0 Å². The lowest BCUT2D eigenvalue weighted by molar-refractivity contribution is 0.592. The van der Waals surface area contributed by atoms with Crippen LogP contribution in [0.5, 0.6) is 0 Å². The van der Waals surface area contributed by atoms with Crippen molar-refractivity contribution in [3.8, 4) is 0 Å². The Bertz CT molecular complexity index is 299. The molecular weight excluding hydrogens is 150 g/mol. The molecule has 3 heteroatoms. The van der Waals surface area contributed by atoms with Crippen LogP contribution in [-0.2, 0) is 13.0 Å². The van der Waals surface area contributed by atoms with Crippen LogP contribution in [0.15, 0.2) is 6.33 Å². The molecule has 1 aromatic heterocycles. The molecule has 2 aliphatic rings. The summed E-state index contributed by atoms with van der Waals surface area (Å²) < 4.78 is 2.39. The molecule has 0 atom stereocenters. The first kappa shape index (κ1) is 6.66. The Morgan fingerprint density at radius 1 is 1.50 bits per heavy atom.